The summed E-state index contributed by atoms with van der Waals surface area (Å²) in [5.74, 6) is 0.791. The number of rotatable bonds is 7. The maximum atomic E-state index is 12.7. The summed E-state index contributed by atoms with van der Waals surface area (Å²) in [6.45, 7) is 4.19. The molecule has 2 aromatic carbocycles. The van der Waals surface area contributed by atoms with Gasteiger partial charge in [0.05, 0.1) is 18.0 Å². The van der Waals surface area contributed by atoms with Crippen LogP contribution in [0, 0.1) is 6.92 Å². The number of methoxy groups -OCH3 is 1. The number of aryl methyl sites for hydroxylation is 1. The fourth-order valence-corrected chi connectivity index (χ4v) is 4.46. The van der Waals surface area contributed by atoms with Crippen molar-refractivity contribution in [2.45, 2.75) is 30.7 Å². The standard InChI is InChI=1S/C20H26N2O3S/c1-16-9-11-17(12-10-16)26(23,24)21-15-19(22-13-5-6-14-22)18-7-3-4-8-20(18)25-2/h3-4,7-12,19,21H,5-6,13-15H2,1-2H3/t19-/m0/s1. The van der Waals surface area contributed by atoms with Crippen molar-refractivity contribution in [1.29, 1.82) is 0 Å². The summed E-state index contributed by atoms with van der Waals surface area (Å²) in [5, 5.41) is 0. The normalized spacial score (nSPS) is 16.5. The van der Waals surface area contributed by atoms with Crippen LogP contribution in [-0.2, 0) is 10.0 Å². The third kappa shape index (κ3) is 4.26. The van der Waals surface area contributed by atoms with Crippen LogP contribution in [-0.4, -0.2) is 40.1 Å². The molecule has 26 heavy (non-hydrogen) atoms. The van der Waals surface area contributed by atoms with Gasteiger partial charge >= 0.3 is 0 Å². The molecule has 0 spiro atoms. The van der Waals surface area contributed by atoms with Gasteiger partial charge in [-0.1, -0.05) is 35.9 Å². The third-order valence-electron chi connectivity index (χ3n) is 4.88. The van der Waals surface area contributed by atoms with Crippen LogP contribution in [0.1, 0.15) is 30.0 Å². The summed E-state index contributed by atoms with van der Waals surface area (Å²) in [6, 6.07) is 14.7. The van der Waals surface area contributed by atoms with E-state index in [1.54, 1.807) is 19.2 Å². The van der Waals surface area contributed by atoms with E-state index in [-0.39, 0.29) is 6.04 Å². The molecule has 5 nitrogen and oxygen atoms in total. The topological polar surface area (TPSA) is 58.6 Å². The second-order valence-electron chi connectivity index (χ2n) is 6.67. The van der Waals surface area contributed by atoms with Crippen LogP contribution in [0.25, 0.3) is 0 Å². The van der Waals surface area contributed by atoms with Crippen LogP contribution in [0.2, 0.25) is 0 Å². The monoisotopic (exact) mass is 374 g/mol. The lowest BCUT2D eigenvalue weighted by molar-refractivity contribution is 0.240. The highest BCUT2D eigenvalue weighted by atomic mass is 32.2. The minimum absolute atomic E-state index is 0.0473. The van der Waals surface area contributed by atoms with Crippen LogP contribution in [0.4, 0.5) is 0 Å². The minimum Gasteiger partial charge on any atom is -0.496 e. The maximum Gasteiger partial charge on any atom is 0.240 e. The minimum atomic E-state index is -3.55. The smallest absolute Gasteiger partial charge is 0.240 e. The molecule has 6 heteroatoms. The molecule has 1 N–H and O–H groups in total. The Morgan fingerprint density at radius 2 is 1.73 bits per heavy atom. The summed E-state index contributed by atoms with van der Waals surface area (Å²) in [4.78, 5) is 2.62. The lowest BCUT2D eigenvalue weighted by Gasteiger charge is -2.29. The third-order valence-corrected chi connectivity index (χ3v) is 6.32. The molecular weight excluding hydrogens is 348 g/mol. The molecule has 1 aliphatic heterocycles. The Balaban J connectivity index is 1.83. The average Bonchev–Trinajstić information content (AvgIpc) is 3.17. The number of hydrogen-bond acceptors (Lipinski definition) is 4. The highest BCUT2D eigenvalue weighted by molar-refractivity contribution is 7.89. The van der Waals surface area contributed by atoms with E-state index >= 15 is 0 Å². The molecule has 0 saturated carbocycles. The number of ether oxygens (including phenoxy) is 1. The molecule has 1 saturated heterocycles. The highest BCUT2D eigenvalue weighted by Gasteiger charge is 2.27. The molecule has 0 unspecified atom stereocenters. The first-order valence-electron chi connectivity index (χ1n) is 8.94. The van der Waals surface area contributed by atoms with Gasteiger partial charge in [-0.25, -0.2) is 13.1 Å². The van der Waals surface area contributed by atoms with Gasteiger partial charge < -0.3 is 4.74 Å². The van der Waals surface area contributed by atoms with Crippen LogP contribution in [0.15, 0.2) is 53.4 Å². The Morgan fingerprint density at radius 1 is 1.08 bits per heavy atom. The number of hydrogen-bond donors (Lipinski definition) is 1. The van der Waals surface area contributed by atoms with Gasteiger partial charge in [-0.15, -0.1) is 0 Å². The van der Waals surface area contributed by atoms with Crippen molar-refractivity contribution in [2.24, 2.45) is 0 Å². The van der Waals surface area contributed by atoms with Gasteiger partial charge in [0.25, 0.3) is 0 Å². The van der Waals surface area contributed by atoms with E-state index in [2.05, 4.69) is 9.62 Å². The van der Waals surface area contributed by atoms with E-state index in [0.29, 0.717) is 11.4 Å². The molecule has 1 fully saturated rings. The number of para-hydroxylation sites is 1. The molecule has 1 atom stereocenters. The second-order valence-corrected chi connectivity index (χ2v) is 8.43. The number of likely N-dealkylation sites (tertiary alicyclic amines) is 1. The van der Waals surface area contributed by atoms with E-state index in [1.165, 1.54) is 0 Å². The van der Waals surface area contributed by atoms with E-state index in [9.17, 15) is 8.42 Å². The summed E-state index contributed by atoms with van der Waals surface area (Å²) < 4.78 is 33.7. The molecule has 140 valence electrons. The first kappa shape index (κ1) is 18.9. The maximum absolute atomic E-state index is 12.7. The van der Waals surface area contributed by atoms with E-state index in [0.717, 1.165) is 42.8 Å². The Labute approximate surface area is 156 Å². The molecule has 2 aromatic rings. The van der Waals surface area contributed by atoms with E-state index < -0.39 is 10.0 Å². The molecule has 3 rings (SSSR count). The molecule has 0 aromatic heterocycles. The van der Waals surface area contributed by atoms with Crippen LogP contribution < -0.4 is 9.46 Å². The van der Waals surface area contributed by atoms with Crippen molar-refractivity contribution in [1.82, 2.24) is 9.62 Å². The number of sulfonamides is 1. The highest BCUT2D eigenvalue weighted by Crippen LogP contribution is 2.31. The zero-order valence-corrected chi connectivity index (χ0v) is 16.1. The predicted molar refractivity (Wildman–Crippen MR) is 103 cm³/mol. The molecule has 0 bridgehead atoms. The Hall–Kier alpha value is -1.89. The van der Waals surface area contributed by atoms with Crippen molar-refractivity contribution >= 4 is 10.0 Å². The van der Waals surface area contributed by atoms with Gasteiger partial charge in [0.15, 0.2) is 0 Å². The summed E-state index contributed by atoms with van der Waals surface area (Å²) in [6.07, 6.45) is 2.27. The molecule has 1 heterocycles. The molecule has 0 radical (unpaired) electrons. The van der Waals surface area contributed by atoms with Gasteiger partial charge in [-0.2, -0.15) is 0 Å². The van der Waals surface area contributed by atoms with Crippen molar-refractivity contribution in [2.75, 3.05) is 26.7 Å². The van der Waals surface area contributed by atoms with Crippen LogP contribution in [0.3, 0.4) is 0 Å². The summed E-state index contributed by atoms with van der Waals surface area (Å²) in [5.41, 5.74) is 2.05. The lowest BCUT2D eigenvalue weighted by atomic mass is 10.0. The van der Waals surface area contributed by atoms with Gasteiger partial charge in [0, 0.05) is 12.1 Å². The van der Waals surface area contributed by atoms with Crippen molar-refractivity contribution < 1.29 is 13.2 Å². The molecule has 1 aliphatic rings. The Kier molecular flexibility index (Phi) is 5.96. The number of nitrogens with one attached hydrogen (secondary N) is 1. The number of nitrogens with zero attached hydrogens (tertiary/aromatic N) is 1. The van der Waals surface area contributed by atoms with Gasteiger partial charge in [0.1, 0.15) is 5.75 Å². The SMILES string of the molecule is COc1ccccc1[C@H](CNS(=O)(=O)c1ccc(C)cc1)N1CCCC1. The second kappa shape index (κ2) is 8.20. The van der Waals surface area contributed by atoms with E-state index in [1.807, 2.05) is 43.3 Å². The van der Waals surface area contributed by atoms with Crippen molar-refractivity contribution in [3.05, 3.63) is 59.7 Å². The zero-order chi connectivity index (χ0) is 18.6. The average molecular weight is 375 g/mol. The molecule has 0 amide bonds. The first-order chi connectivity index (χ1) is 12.5. The van der Waals surface area contributed by atoms with E-state index in [4.69, 9.17) is 4.74 Å². The summed E-state index contributed by atoms with van der Waals surface area (Å²) >= 11 is 0. The zero-order valence-electron chi connectivity index (χ0n) is 15.3. The van der Waals surface area contributed by atoms with Crippen LogP contribution >= 0.6 is 0 Å². The van der Waals surface area contributed by atoms with Gasteiger partial charge in [-0.3, -0.25) is 4.90 Å². The predicted octanol–water partition coefficient (Wildman–Crippen LogP) is 3.12. The lowest BCUT2D eigenvalue weighted by Crippen LogP contribution is -2.37. The van der Waals surface area contributed by atoms with Gasteiger partial charge in [0.2, 0.25) is 10.0 Å². The van der Waals surface area contributed by atoms with Crippen LogP contribution in [0.5, 0.6) is 5.75 Å². The van der Waals surface area contributed by atoms with Crippen molar-refractivity contribution in [3.63, 3.8) is 0 Å². The largest absolute Gasteiger partial charge is 0.496 e. The molecular formula is C20H26N2O3S. The quantitative estimate of drug-likeness (QED) is 0.809. The fraction of sp³-hybridized carbons (Fsp3) is 0.400. The Morgan fingerprint density at radius 3 is 2.38 bits per heavy atom. The molecule has 0 aliphatic carbocycles. The summed E-state index contributed by atoms with van der Waals surface area (Å²) in [7, 11) is -1.90. The Bertz CT molecular complexity index is 828. The van der Waals surface area contributed by atoms with Gasteiger partial charge in [-0.05, 0) is 51.1 Å². The van der Waals surface area contributed by atoms with Crippen molar-refractivity contribution in [3.8, 4) is 5.75 Å². The number of benzene rings is 2. The fourth-order valence-electron chi connectivity index (χ4n) is 3.42. The first-order valence-corrected chi connectivity index (χ1v) is 10.4.